The molecule has 0 heterocycles. The van der Waals surface area contributed by atoms with E-state index in [1.54, 1.807) is 0 Å². The van der Waals surface area contributed by atoms with E-state index in [1.165, 1.54) is 12.1 Å². The first-order chi connectivity index (χ1) is 8.96. The van der Waals surface area contributed by atoms with Gasteiger partial charge in [0.2, 0.25) is 0 Å². The molecule has 0 radical (unpaired) electrons. The van der Waals surface area contributed by atoms with Crippen molar-refractivity contribution in [3.63, 3.8) is 0 Å². The summed E-state index contributed by atoms with van der Waals surface area (Å²) in [5.41, 5.74) is 5.86. The first kappa shape index (κ1) is 14.3. The molecule has 1 aromatic rings. The highest BCUT2D eigenvalue weighted by atomic mass is 32.2. The van der Waals surface area contributed by atoms with Crippen LogP contribution in [0.25, 0.3) is 0 Å². The van der Waals surface area contributed by atoms with E-state index in [-0.39, 0.29) is 16.5 Å². The van der Waals surface area contributed by atoms with Crippen molar-refractivity contribution in [3.8, 4) is 0 Å². The highest BCUT2D eigenvalue weighted by Gasteiger charge is 2.36. The Bertz CT molecular complexity index is 557. The van der Waals surface area contributed by atoms with Crippen LogP contribution in [0.1, 0.15) is 39.0 Å². The van der Waals surface area contributed by atoms with Gasteiger partial charge in [-0.25, -0.2) is 12.8 Å². The Labute approximate surface area is 113 Å². The molecule has 0 saturated heterocycles. The summed E-state index contributed by atoms with van der Waals surface area (Å²) in [6, 6.07) is 3.56. The fraction of sp³-hybridized carbons (Fsp3) is 0.571. The molecule has 1 aromatic carbocycles. The van der Waals surface area contributed by atoms with Crippen LogP contribution in [0, 0.1) is 11.7 Å². The minimum absolute atomic E-state index is 0.0437. The molecular formula is C14H20FNO2S. The van der Waals surface area contributed by atoms with Gasteiger partial charge in [-0.3, -0.25) is 0 Å². The maximum absolute atomic E-state index is 13.3. The van der Waals surface area contributed by atoms with E-state index in [0.717, 1.165) is 31.7 Å². The molecule has 2 unspecified atom stereocenters. The third kappa shape index (κ3) is 2.76. The zero-order chi connectivity index (χ0) is 14.0. The van der Waals surface area contributed by atoms with Gasteiger partial charge in [-0.15, -0.1) is 0 Å². The number of anilines is 1. The number of hydrogen-bond acceptors (Lipinski definition) is 3. The van der Waals surface area contributed by atoms with Crippen molar-refractivity contribution in [2.75, 3.05) is 5.73 Å². The summed E-state index contributed by atoms with van der Waals surface area (Å²) in [5, 5.41) is -0.421. The van der Waals surface area contributed by atoms with Crippen LogP contribution in [0.2, 0.25) is 0 Å². The van der Waals surface area contributed by atoms with E-state index in [1.807, 2.05) is 6.92 Å². The SMILES string of the molecule is CCC1CCCCC1S(=O)(=O)c1cc(F)ccc1N. The molecule has 0 amide bonds. The largest absolute Gasteiger partial charge is 0.398 e. The fourth-order valence-corrected chi connectivity index (χ4v) is 5.28. The minimum atomic E-state index is -3.54. The molecule has 0 aliphatic heterocycles. The zero-order valence-corrected chi connectivity index (χ0v) is 11.9. The summed E-state index contributed by atoms with van der Waals surface area (Å²) in [6.45, 7) is 2.01. The van der Waals surface area contributed by atoms with E-state index < -0.39 is 20.9 Å². The van der Waals surface area contributed by atoms with Crippen LogP contribution in [0.4, 0.5) is 10.1 Å². The van der Waals surface area contributed by atoms with Crippen molar-refractivity contribution in [2.24, 2.45) is 5.92 Å². The smallest absolute Gasteiger partial charge is 0.183 e. The van der Waals surface area contributed by atoms with Crippen LogP contribution in [0.5, 0.6) is 0 Å². The van der Waals surface area contributed by atoms with Crippen molar-refractivity contribution < 1.29 is 12.8 Å². The molecule has 1 fully saturated rings. The Morgan fingerprint density at radius 2 is 2.00 bits per heavy atom. The van der Waals surface area contributed by atoms with Gasteiger partial charge < -0.3 is 5.73 Å². The van der Waals surface area contributed by atoms with E-state index in [2.05, 4.69) is 0 Å². The highest BCUT2D eigenvalue weighted by Crippen LogP contribution is 2.36. The summed E-state index contributed by atoms with van der Waals surface area (Å²) in [5.74, 6) is -0.405. The summed E-state index contributed by atoms with van der Waals surface area (Å²) >= 11 is 0. The molecular weight excluding hydrogens is 265 g/mol. The maximum atomic E-state index is 13.3. The van der Waals surface area contributed by atoms with Gasteiger partial charge in [-0.2, -0.15) is 0 Å². The molecule has 3 nitrogen and oxygen atoms in total. The molecule has 106 valence electrons. The van der Waals surface area contributed by atoms with Crippen LogP contribution in [0.3, 0.4) is 0 Å². The van der Waals surface area contributed by atoms with Gasteiger partial charge in [0.15, 0.2) is 9.84 Å². The molecule has 2 atom stereocenters. The fourth-order valence-electron chi connectivity index (χ4n) is 2.97. The molecule has 19 heavy (non-hydrogen) atoms. The average Bonchev–Trinajstić information content (AvgIpc) is 2.41. The standard InChI is InChI=1S/C14H20FNO2S/c1-2-10-5-3-4-6-13(10)19(17,18)14-9-11(15)7-8-12(14)16/h7-10,13H,2-6,16H2,1H3. The number of hydrogen-bond donors (Lipinski definition) is 1. The molecule has 0 bridgehead atoms. The third-order valence-electron chi connectivity index (χ3n) is 4.04. The molecule has 1 aliphatic carbocycles. The normalized spacial score (nSPS) is 24.3. The molecule has 1 aliphatic rings. The van der Waals surface area contributed by atoms with E-state index in [9.17, 15) is 12.8 Å². The number of halogens is 1. The van der Waals surface area contributed by atoms with Crippen LogP contribution in [0.15, 0.2) is 23.1 Å². The second-order valence-electron chi connectivity index (χ2n) is 5.22. The molecule has 0 spiro atoms. The van der Waals surface area contributed by atoms with Gasteiger partial charge in [0.1, 0.15) is 5.82 Å². The summed E-state index contributed by atoms with van der Waals surface area (Å²) in [6.07, 6.45) is 4.39. The van der Waals surface area contributed by atoms with Gasteiger partial charge >= 0.3 is 0 Å². The number of nitrogens with two attached hydrogens (primary N) is 1. The lowest BCUT2D eigenvalue weighted by Crippen LogP contribution is -2.33. The van der Waals surface area contributed by atoms with Gasteiger partial charge in [-0.1, -0.05) is 26.2 Å². The highest BCUT2D eigenvalue weighted by molar-refractivity contribution is 7.92. The Balaban J connectivity index is 2.43. The van der Waals surface area contributed by atoms with Crippen LogP contribution in [-0.4, -0.2) is 13.7 Å². The predicted octanol–water partition coefficient (Wildman–Crippen LogP) is 3.15. The first-order valence-electron chi connectivity index (χ1n) is 6.75. The Morgan fingerprint density at radius 1 is 1.32 bits per heavy atom. The van der Waals surface area contributed by atoms with Crippen molar-refractivity contribution in [3.05, 3.63) is 24.0 Å². The summed E-state index contributed by atoms with van der Waals surface area (Å²) in [7, 11) is -3.54. The molecule has 5 heteroatoms. The number of sulfone groups is 1. The molecule has 2 rings (SSSR count). The number of nitrogen functional groups attached to an aromatic ring is 1. The minimum Gasteiger partial charge on any atom is -0.398 e. The molecule has 1 saturated carbocycles. The lowest BCUT2D eigenvalue weighted by molar-refractivity contribution is 0.348. The van der Waals surface area contributed by atoms with E-state index in [4.69, 9.17) is 5.73 Å². The quantitative estimate of drug-likeness (QED) is 0.868. The van der Waals surface area contributed by atoms with Crippen LogP contribution >= 0.6 is 0 Å². The second kappa shape index (κ2) is 5.49. The van der Waals surface area contributed by atoms with Crippen LogP contribution in [-0.2, 0) is 9.84 Å². The molecule has 2 N–H and O–H groups in total. The molecule has 0 aromatic heterocycles. The lowest BCUT2D eigenvalue weighted by atomic mass is 9.87. The van der Waals surface area contributed by atoms with E-state index in [0.29, 0.717) is 6.42 Å². The van der Waals surface area contributed by atoms with E-state index >= 15 is 0 Å². The number of rotatable bonds is 3. The first-order valence-corrected chi connectivity index (χ1v) is 8.30. The van der Waals surface area contributed by atoms with Gasteiger partial charge in [0.25, 0.3) is 0 Å². The van der Waals surface area contributed by atoms with Crippen molar-refractivity contribution in [1.82, 2.24) is 0 Å². The Hall–Kier alpha value is -1.10. The Kier molecular flexibility index (Phi) is 4.13. The lowest BCUT2D eigenvalue weighted by Gasteiger charge is -2.30. The van der Waals surface area contributed by atoms with Crippen LogP contribution < -0.4 is 5.73 Å². The Morgan fingerprint density at radius 3 is 2.68 bits per heavy atom. The predicted molar refractivity (Wildman–Crippen MR) is 74.0 cm³/mol. The third-order valence-corrected chi connectivity index (χ3v) is 6.43. The average molecular weight is 285 g/mol. The maximum Gasteiger partial charge on any atom is 0.183 e. The van der Waals surface area contributed by atoms with Gasteiger partial charge in [-0.05, 0) is 37.0 Å². The second-order valence-corrected chi connectivity index (χ2v) is 7.35. The monoisotopic (exact) mass is 285 g/mol. The van der Waals surface area contributed by atoms with Crippen molar-refractivity contribution in [2.45, 2.75) is 49.2 Å². The van der Waals surface area contributed by atoms with Gasteiger partial charge in [0, 0.05) is 0 Å². The number of benzene rings is 1. The van der Waals surface area contributed by atoms with Crippen molar-refractivity contribution >= 4 is 15.5 Å². The zero-order valence-electron chi connectivity index (χ0n) is 11.1. The summed E-state index contributed by atoms with van der Waals surface area (Å²) in [4.78, 5) is -0.0437. The van der Waals surface area contributed by atoms with Gasteiger partial charge in [0.05, 0.1) is 15.8 Å². The summed E-state index contributed by atoms with van der Waals surface area (Å²) < 4.78 is 38.7. The topological polar surface area (TPSA) is 60.2 Å². The van der Waals surface area contributed by atoms with Crippen molar-refractivity contribution in [1.29, 1.82) is 0 Å².